The quantitative estimate of drug-likeness (QED) is 0.867. The Balaban J connectivity index is 3.26. The molecule has 0 fully saturated rings. The van der Waals surface area contributed by atoms with Crippen LogP contribution in [-0.2, 0) is 10.0 Å². The van der Waals surface area contributed by atoms with Gasteiger partial charge < -0.3 is 5.73 Å². The zero-order valence-electron chi connectivity index (χ0n) is 10.5. The Hall–Kier alpha value is -1.28. The van der Waals surface area contributed by atoms with Crippen LogP contribution in [0.4, 0.5) is 18.9 Å². The van der Waals surface area contributed by atoms with Crippen molar-refractivity contribution in [3.05, 3.63) is 24.3 Å². The van der Waals surface area contributed by atoms with E-state index in [9.17, 15) is 21.6 Å². The van der Waals surface area contributed by atoms with Gasteiger partial charge in [-0.2, -0.15) is 17.5 Å². The van der Waals surface area contributed by atoms with Crippen LogP contribution < -0.4 is 5.73 Å². The molecule has 8 heteroatoms. The molecule has 0 aromatic heterocycles. The summed E-state index contributed by atoms with van der Waals surface area (Å²) in [5.41, 5.74) is 5.45. The zero-order valence-corrected chi connectivity index (χ0v) is 11.3. The topological polar surface area (TPSA) is 63.4 Å². The van der Waals surface area contributed by atoms with Gasteiger partial charge in [0.15, 0.2) is 0 Å². The number of hydrogen-bond acceptors (Lipinski definition) is 3. The van der Waals surface area contributed by atoms with E-state index in [0.717, 1.165) is 0 Å². The molecule has 0 spiro atoms. The molecule has 0 aliphatic heterocycles. The van der Waals surface area contributed by atoms with Crippen LogP contribution in [0.2, 0.25) is 0 Å². The minimum atomic E-state index is -4.61. The number of para-hydroxylation sites is 1. The van der Waals surface area contributed by atoms with Crippen LogP contribution in [0.3, 0.4) is 0 Å². The highest BCUT2D eigenvalue weighted by Crippen LogP contribution is 2.27. The van der Waals surface area contributed by atoms with Gasteiger partial charge in [-0.25, -0.2) is 8.42 Å². The van der Waals surface area contributed by atoms with E-state index in [-0.39, 0.29) is 10.6 Å². The minimum Gasteiger partial charge on any atom is -0.398 e. The first-order valence-electron chi connectivity index (χ1n) is 5.49. The molecule has 0 unspecified atom stereocenters. The van der Waals surface area contributed by atoms with Gasteiger partial charge in [-0.15, -0.1) is 0 Å². The van der Waals surface area contributed by atoms with Crippen LogP contribution in [0, 0.1) is 0 Å². The van der Waals surface area contributed by atoms with E-state index in [2.05, 4.69) is 0 Å². The van der Waals surface area contributed by atoms with E-state index in [1.54, 1.807) is 0 Å². The molecule has 0 saturated heterocycles. The molecule has 0 amide bonds. The molecule has 108 valence electrons. The van der Waals surface area contributed by atoms with Crippen molar-refractivity contribution in [2.45, 2.75) is 31.0 Å². The molecule has 0 radical (unpaired) electrons. The summed E-state index contributed by atoms with van der Waals surface area (Å²) in [5.74, 6) is 0. The lowest BCUT2D eigenvalue weighted by Gasteiger charge is -2.27. The minimum absolute atomic E-state index is 0.0738. The number of alkyl halides is 3. The third-order valence-corrected chi connectivity index (χ3v) is 4.51. The highest BCUT2D eigenvalue weighted by atomic mass is 32.2. The molecule has 4 nitrogen and oxygen atoms in total. The fourth-order valence-corrected chi connectivity index (χ4v) is 3.30. The summed E-state index contributed by atoms with van der Waals surface area (Å²) < 4.78 is 62.3. The number of nitrogen functional groups attached to an aromatic ring is 1. The van der Waals surface area contributed by atoms with Crippen molar-refractivity contribution < 1.29 is 21.6 Å². The molecule has 1 aromatic carbocycles. The van der Waals surface area contributed by atoms with Crippen LogP contribution in [0.1, 0.15) is 13.8 Å². The average molecular weight is 296 g/mol. The largest absolute Gasteiger partial charge is 0.402 e. The Kier molecular flexibility index (Phi) is 4.46. The Morgan fingerprint density at radius 3 is 2.21 bits per heavy atom. The maximum Gasteiger partial charge on any atom is 0.402 e. The SMILES string of the molecule is CC(C)N(CC(F)(F)F)S(=O)(=O)c1ccccc1N. The lowest BCUT2D eigenvalue weighted by Crippen LogP contribution is -2.43. The fourth-order valence-electron chi connectivity index (χ4n) is 1.56. The highest BCUT2D eigenvalue weighted by Gasteiger charge is 2.38. The molecule has 0 aliphatic rings. The van der Waals surface area contributed by atoms with Gasteiger partial charge in [0, 0.05) is 6.04 Å². The Morgan fingerprint density at radius 1 is 1.26 bits per heavy atom. The van der Waals surface area contributed by atoms with E-state index in [4.69, 9.17) is 5.73 Å². The smallest absolute Gasteiger partial charge is 0.398 e. The number of nitrogens with zero attached hydrogens (tertiary/aromatic N) is 1. The Morgan fingerprint density at radius 2 is 1.79 bits per heavy atom. The average Bonchev–Trinajstić information content (AvgIpc) is 2.24. The Labute approximate surface area is 110 Å². The first-order valence-corrected chi connectivity index (χ1v) is 6.93. The fraction of sp³-hybridized carbons (Fsp3) is 0.455. The molecule has 0 bridgehead atoms. The molecule has 1 rings (SSSR count). The lowest BCUT2D eigenvalue weighted by molar-refractivity contribution is -0.138. The number of sulfonamides is 1. The third kappa shape index (κ3) is 3.84. The van der Waals surface area contributed by atoms with Crippen molar-refractivity contribution in [3.63, 3.8) is 0 Å². The van der Waals surface area contributed by atoms with Gasteiger partial charge in [-0.05, 0) is 26.0 Å². The van der Waals surface area contributed by atoms with Crippen molar-refractivity contribution >= 4 is 15.7 Å². The number of anilines is 1. The Bertz CT molecular complexity index is 541. The summed E-state index contributed by atoms with van der Waals surface area (Å²) in [5, 5.41) is 0. The normalized spacial score (nSPS) is 13.2. The summed E-state index contributed by atoms with van der Waals surface area (Å²) in [6.07, 6.45) is -4.61. The lowest BCUT2D eigenvalue weighted by atomic mass is 10.3. The molecule has 0 atom stereocenters. The van der Waals surface area contributed by atoms with Crippen LogP contribution >= 0.6 is 0 Å². The molecule has 0 saturated carbocycles. The van der Waals surface area contributed by atoms with E-state index in [1.165, 1.54) is 38.1 Å². The summed E-state index contributed by atoms with van der Waals surface area (Å²) in [6.45, 7) is 1.21. The van der Waals surface area contributed by atoms with Crippen LogP contribution in [0.25, 0.3) is 0 Å². The first-order chi connectivity index (χ1) is 8.55. The van der Waals surface area contributed by atoms with Crippen molar-refractivity contribution in [3.8, 4) is 0 Å². The molecular weight excluding hydrogens is 281 g/mol. The van der Waals surface area contributed by atoms with Crippen LogP contribution in [0.15, 0.2) is 29.2 Å². The van der Waals surface area contributed by atoms with E-state index in [0.29, 0.717) is 4.31 Å². The van der Waals surface area contributed by atoms with Crippen LogP contribution in [-0.4, -0.2) is 31.5 Å². The monoisotopic (exact) mass is 296 g/mol. The predicted molar refractivity (Wildman–Crippen MR) is 65.9 cm³/mol. The molecule has 1 aromatic rings. The third-order valence-electron chi connectivity index (χ3n) is 2.42. The van der Waals surface area contributed by atoms with Gasteiger partial charge >= 0.3 is 6.18 Å². The molecule has 0 heterocycles. The van der Waals surface area contributed by atoms with Gasteiger partial charge in [0.1, 0.15) is 11.4 Å². The van der Waals surface area contributed by atoms with E-state index in [1.807, 2.05) is 0 Å². The summed E-state index contributed by atoms with van der Waals surface area (Å²) in [6, 6.07) is 4.62. The van der Waals surface area contributed by atoms with Gasteiger partial charge in [0.05, 0.1) is 5.69 Å². The number of hydrogen-bond donors (Lipinski definition) is 1. The zero-order chi connectivity index (χ0) is 14.8. The van der Waals surface area contributed by atoms with Gasteiger partial charge in [0.2, 0.25) is 10.0 Å². The van der Waals surface area contributed by atoms with Crippen molar-refractivity contribution in [2.24, 2.45) is 0 Å². The maximum atomic E-state index is 12.5. The number of rotatable bonds is 4. The number of halogens is 3. The van der Waals surface area contributed by atoms with Crippen molar-refractivity contribution in [2.75, 3.05) is 12.3 Å². The summed E-state index contributed by atoms with van der Waals surface area (Å²) in [4.78, 5) is -0.312. The van der Waals surface area contributed by atoms with Gasteiger partial charge in [-0.1, -0.05) is 12.1 Å². The van der Waals surface area contributed by atoms with E-state index < -0.39 is 28.8 Å². The van der Waals surface area contributed by atoms with Gasteiger partial charge in [-0.3, -0.25) is 0 Å². The molecule has 19 heavy (non-hydrogen) atoms. The maximum absolute atomic E-state index is 12.5. The highest BCUT2D eigenvalue weighted by molar-refractivity contribution is 7.89. The summed E-state index contributed by atoms with van der Waals surface area (Å²) >= 11 is 0. The molecule has 0 aliphatic carbocycles. The predicted octanol–water partition coefficient (Wildman–Crippen LogP) is 2.23. The standard InChI is InChI=1S/C11H15F3N2O2S/c1-8(2)16(7-11(12,13)14)19(17,18)10-6-4-3-5-9(10)15/h3-6,8H,7,15H2,1-2H3. The number of benzene rings is 1. The first kappa shape index (κ1) is 15.8. The van der Waals surface area contributed by atoms with Gasteiger partial charge in [0.25, 0.3) is 0 Å². The second kappa shape index (κ2) is 5.38. The van der Waals surface area contributed by atoms with Crippen molar-refractivity contribution in [1.82, 2.24) is 4.31 Å². The van der Waals surface area contributed by atoms with E-state index >= 15 is 0 Å². The van der Waals surface area contributed by atoms with Crippen LogP contribution in [0.5, 0.6) is 0 Å². The summed E-state index contributed by atoms with van der Waals surface area (Å²) in [7, 11) is -4.28. The van der Waals surface area contributed by atoms with Crippen molar-refractivity contribution in [1.29, 1.82) is 0 Å². The second-order valence-electron chi connectivity index (χ2n) is 4.30. The molecular formula is C11H15F3N2O2S. The molecule has 2 N–H and O–H groups in total. The second-order valence-corrected chi connectivity index (χ2v) is 6.16. The number of nitrogens with two attached hydrogens (primary N) is 1.